The highest BCUT2D eigenvalue weighted by atomic mass is 19.1. The molecule has 6 N–H and O–H groups in total. The lowest BCUT2D eigenvalue weighted by Crippen LogP contribution is -2.69. The quantitative estimate of drug-likeness (QED) is 0.146. The number of aliphatic hydroxyl groups is 4. The van der Waals surface area contributed by atoms with E-state index in [4.69, 9.17) is 33.2 Å². The first-order valence-electron chi connectivity index (χ1n) is 21.1. The average Bonchev–Trinajstić information content (AvgIpc) is 3.10. The number of rotatable bonds is 13. The molecular formula is C41H73FN4O15. The first kappa shape index (κ1) is 52.2. The van der Waals surface area contributed by atoms with Crippen molar-refractivity contribution in [1.29, 1.82) is 0 Å². The number of hydrogen-bond acceptors (Lipinski definition) is 15. The predicted molar refractivity (Wildman–Crippen MR) is 217 cm³/mol. The molecule has 3 rings (SSSR count). The molecule has 1 saturated carbocycles. The molecule has 0 aromatic heterocycles. The number of nitrogens with one attached hydrogen (secondary N) is 2. The van der Waals surface area contributed by atoms with Crippen LogP contribution in [0.15, 0.2) is 0 Å². The monoisotopic (exact) mass is 881 g/mol. The molecule has 3 aliphatic rings. The Morgan fingerprint density at radius 1 is 0.852 bits per heavy atom. The van der Waals surface area contributed by atoms with Gasteiger partial charge in [-0.1, -0.05) is 13.8 Å². The van der Waals surface area contributed by atoms with Gasteiger partial charge in [0.1, 0.15) is 53.5 Å². The van der Waals surface area contributed by atoms with Crippen molar-refractivity contribution in [2.75, 3.05) is 33.4 Å². The van der Waals surface area contributed by atoms with Crippen molar-refractivity contribution in [3.63, 3.8) is 0 Å². The first-order chi connectivity index (χ1) is 28.0. The second-order valence-electron chi connectivity index (χ2n) is 19.6. The van der Waals surface area contributed by atoms with Gasteiger partial charge in [0.15, 0.2) is 12.6 Å². The number of halogens is 1. The Morgan fingerprint density at radius 3 is 1.98 bits per heavy atom. The highest BCUT2D eigenvalue weighted by Gasteiger charge is 2.54. The number of aliphatic hydroxyl groups excluding tert-OH is 3. The highest BCUT2D eigenvalue weighted by Crippen LogP contribution is 2.37. The maximum Gasteiger partial charge on any atom is 0.410 e. The molecule has 0 spiro atoms. The van der Waals surface area contributed by atoms with Gasteiger partial charge in [-0.25, -0.2) is 18.8 Å². The van der Waals surface area contributed by atoms with Crippen molar-refractivity contribution in [2.24, 2.45) is 5.92 Å². The van der Waals surface area contributed by atoms with Gasteiger partial charge >= 0.3 is 18.3 Å². The molecule has 61 heavy (non-hydrogen) atoms. The zero-order valence-electron chi connectivity index (χ0n) is 38.1. The molecule has 4 amide bonds. The number of carbonyl (C=O) groups excluding carboxylic acids is 4. The van der Waals surface area contributed by atoms with E-state index in [1.165, 1.54) is 18.9 Å². The van der Waals surface area contributed by atoms with E-state index in [0.717, 1.165) is 4.90 Å². The van der Waals surface area contributed by atoms with Gasteiger partial charge in [0, 0.05) is 7.05 Å². The van der Waals surface area contributed by atoms with Crippen molar-refractivity contribution in [3.8, 4) is 0 Å². The van der Waals surface area contributed by atoms with Crippen LogP contribution in [0, 0.1) is 5.92 Å². The van der Waals surface area contributed by atoms with Crippen LogP contribution in [0.5, 0.6) is 0 Å². The predicted octanol–water partition coefficient (Wildman–Crippen LogP) is 2.72. The van der Waals surface area contributed by atoms with Gasteiger partial charge < -0.3 is 74.0 Å². The van der Waals surface area contributed by atoms with Gasteiger partial charge in [0.25, 0.3) is 0 Å². The Kier molecular flexibility index (Phi) is 18.0. The Hall–Kier alpha value is -3.11. The lowest BCUT2D eigenvalue weighted by Gasteiger charge is -2.50. The van der Waals surface area contributed by atoms with Crippen LogP contribution in [-0.2, 0) is 38.0 Å². The van der Waals surface area contributed by atoms with Crippen molar-refractivity contribution >= 4 is 24.2 Å². The normalized spacial score (nSPS) is 32.9. The number of likely N-dealkylation sites (N-methyl/N-ethyl adjacent to an activating group) is 1. The average molecular weight is 881 g/mol. The zero-order valence-corrected chi connectivity index (χ0v) is 38.1. The van der Waals surface area contributed by atoms with E-state index in [2.05, 4.69) is 10.6 Å². The lowest BCUT2D eigenvalue weighted by atomic mass is 9.79. The third kappa shape index (κ3) is 15.3. The van der Waals surface area contributed by atoms with Gasteiger partial charge in [-0.2, -0.15) is 0 Å². The molecule has 0 aromatic carbocycles. The van der Waals surface area contributed by atoms with E-state index in [-0.39, 0.29) is 32.4 Å². The fourth-order valence-corrected chi connectivity index (χ4v) is 7.55. The maximum atomic E-state index is 13.7. The van der Waals surface area contributed by atoms with Gasteiger partial charge in [0.2, 0.25) is 5.91 Å². The maximum absolute atomic E-state index is 13.7. The lowest BCUT2D eigenvalue weighted by molar-refractivity contribution is -0.317. The Balaban J connectivity index is 1.98. The SMILES string of the molecule is CC[C@H](O)C(=O)N[C@@H]1C[C@H](C)C(O[C@H]2O[C@H](CN(CCF)C(=O)OC(C)(C)C)CCC2NC(=O)OC(C)(C)C)C(O)C1O[C@H]1OCC(C)(O)[C@H](N(C)C(=O)OC(C)(C)C)C1O. The molecule has 0 radical (unpaired) electrons. The Morgan fingerprint density at radius 2 is 1.43 bits per heavy atom. The molecule has 0 bridgehead atoms. The number of alkyl carbamates (subject to hydrolysis) is 1. The third-order valence-electron chi connectivity index (χ3n) is 10.3. The number of amides is 4. The summed E-state index contributed by atoms with van der Waals surface area (Å²) in [5.74, 6) is -1.29. The summed E-state index contributed by atoms with van der Waals surface area (Å²) in [5, 5.41) is 51.1. The van der Waals surface area contributed by atoms with Crippen LogP contribution in [0.4, 0.5) is 18.8 Å². The van der Waals surface area contributed by atoms with E-state index < -0.39 is 133 Å². The van der Waals surface area contributed by atoms with Crippen LogP contribution in [0.25, 0.3) is 0 Å². The Bertz CT molecular complexity index is 1470. The summed E-state index contributed by atoms with van der Waals surface area (Å²) in [6.45, 7) is 18.3. The fourth-order valence-electron chi connectivity index (χ4n) is 7.55. The van der Waals surface area contributed by atoms with E-state index >= 15 is 0 Å². The van der Waals surface area contributed by atoms with Crippen LogP contribution in [-0.4, -0.2) is 178 Å². The molecule has 2 aliphatic heterocycles. The number of hydrogen-bond donors (Lipinski definition) is 6. The molecule has 1 aliphatic carbocycles. The summed E-state index contributed by atoms with van der Waals surface area (Å²) >= 11 is 0. The van der Waals surface area contributed by atoms with Crippen LogP contribution < -0.4 is 10.6 Å². The van der Waals surface area contributed by atoms with Crippen LogP contribution in [0.1, 0.15) is 109 Å². The van der Waals surface area contributed by atoms with Crippen LogP contribution in [0.2, 0.25) is 0 Å². The molecule has 2 saturated heterocycles. The number of ether oxygens (including phenoxy) is 7. The second kappa shape index (κ2) is 21.0. The van der Waals surface area contributed by atoms with Crippen LogP contribution >= 0.6 is 0 Å². The zero-order chi connectivity index (χ0) is 46.4. The fraction of sp³-hybridized carbons (Fsp3) is 0.902. The van der Waals surface area contributed by atoms with Crippen molar-refractivity contribution in [1.82, 2.24) is 20.4 Å². The van der Waals surface area contributed by atoms with Gasteiger partial charge in [-0.15, -0.1) is 0 Å². The summed E-state index contributed by atoms with van der Waals surface area (Å²) in [6, 6.07) is -3.15. The molecule has 19 nitrogen and oxygen atoms in total. The minimum Gasteiger partial charge on any atom is -0.444 e. The summed E-state index contributed by atoms with van der Waals surface area (Å²) in [7, 11) is 1.35. The summed E-state index contributed by atoms with van der Waals surface area (Å²) in [5.41, 5.74) is -4.38. The van der Waals surface area contributed by atoms with E-state index in [0.29, 0.717) is 6.42 Å². The van der Waals surface area contributed by atoms with E-state index in [9.17, 15) is 44.0 Å². The minimum atomic E-state index is -1.79. The molecular weight excluding hydrogens is 807 g/mol. The molecule has 354 valence electrons. The summed E-state index contributed by atoms with van der Waals surface area (Å²) in [4.78, 5) is 54.5. The first-order valence-corrected chi connectivity index (χ1v) is 21.1. The number of carbonyl (C=O) groups is 4. The second-order valence-corrected chi connectivity index (χ2v) is 19.6. The Labute approximate surface area is 359 Å². The van der Waals surface area contributed by atoms with E-state index in [1.54, 1.807) is 76.2 Å². The van der Waals surface area contributed by atoms with Gasteiger partial charge in [-0.05, 0) is 101 Å². The van der Waals surface area contributed by atoms with Crippen molar-refractivity contribution < 1.29 is 77.2 Å². The standard InChI is InChI=1S/C41H73FN4O15/c1-14-26(47)32(50)43-25-19-22(2)29(27(48)30(25)58-34-28(49)31(41(12,54)21-55-34)45(13)36(52)60-39(6,7)8)57-33-24(44-35(51)59-38(3,4)5)16-15-23(56-33)20-46(18-17-42)37(53)61-40(9,10)11/h22-31,33-34,47-49,54H,14-21H2,1-13H3,(H,43,50)(H,44,51)/t22-,23-,24?,25+,26-,27?,28?,29?,30?,31+,33+,34+,41?/m0/s1. The minimum absolute atomic E-state index is 0.0835. The molecule has 6 unspecified atom stereocenters. The van der Waals surface area contributed by atoms with Gasteiger partial charge in [-0.3, -0.25) is 4.79 Å². The van der Waals surface area contributed by atoms with Gasteiger partial charge in [0.05, 0.1) is 50.0 Å². The molecule has 0 aromatic rings. The molecule has 20 heteroatoms. The molecule has 3 fully saturated rings. The van der Waals surface area contributed by atoms with Crippen molar-refractivity contribution in [2.45, 2.75) is 199 Å². The van der Waals surface area contributed by atoms with Crippen LogP contribution in [0.3, 0.4) is 0 Å². The van der Waals surface area contributed by atoms with Crippen molar-refractivity contribution in [3.05, 3.63) is 0 Å². The topological polar surface area (TPSA) is 244 Å². The summed E-state index contributed by atoms with van der Waals surface area (Å²) < 4.78 is 55.2. The largest absolute Gasteiger partial charge is 0.444 e. The van der Waals surface area contributed by atoms with E-state index in [1.807, 2.05) is 0 Å². The summed E-state index contributed by atoms with van der Waals surface area (Å²) in [6.07, 6.45) is -12.4. The molecule has 13 atom stereocenters. The smallest absolute Gasteiger partial charge is 0.410 e. The number of nitrogens with zero attached hydrogens (tertiary/aromatic N) is 2. The molecule has 2 heterocycles. The third-order valence-corrected chi connectivity index (χ3v) is 10.3. The highest BCUT2D eigenvalue weighted by molar-refractivity contribution is 5.80. The number of alkyl halides is 1.